The Balaban J connectivity index is 0.00000162. The number of nitrogens with zero attached hydrogens (tertiary/aromatic N) is 2. The van der Waals surface area contributed by atoms with Crippen LogP contribution in [0.25, 0.3) is 0 Å². The van der Waals surface area contributed by atoms with E-state index in [1.165, 1.54) is 77.9 Å². The van der Waals surface area contributed by atoms with Crippen molar-refractivity contribution in [3.05, 3.63) is 0 Å². The minimum absolute atomic E-state index is 0. The third-order valence-electron chi connectivity index (χ3n) is 4.38. The predicted molar refractivity (Wildman–Crippen MR) is 87.9 cm³/mol. The van der Waals surface area contributed by atoms with Crippen LogP contribution in [0.1, 0.15) is 39.0 Å². The Morgan fingerprint density at radius 1 is 0.947 bits per heavy atom. The smallest absolute Gasteiger partial charge is 0.0112 e. The second-order valence-corrected chi connectivity index (χ2v) is 5.54. The van der Waals surface area contributed by atoms with Gasteiger partial charge in [0.15, 0.2) is 0 Å². The van der Waals surface area contributed by atoms with Gasteiger partial charge < -0.3 is 5.32 Å². The maximum atomic E-state index is 3.43. The van der Waals surface area contributed by atoms with Crippen LogP contribution in [0.5, 0.6) is 0 Å². The third kappa shape index (κ3) is 6.63. The molecular formula is C14H31Cl2N3. The van der Waals surface area contributed by atoms with Crippen LogP contribution >= 0.6 is 24.8 Å². The van der Waals surface area contributed by atoms with Crippen molar-refractivity contribution in [1.82, 2.24) is 15.1 Å². The van der Waals surface area contributed by atoms with Gasteiger partial charge in [-0.15, -0.1) is 24.8 Å². The van der Waals surface area contributed by atoms with E-state index in [0.717, 1.165) is 6.04 Å². The average Bonchev–Trinajstić information content (AvgIpc) is 2.62. The van der Waals surface area contributed by atoms with Crippen molar-refractivity contribution in [3.63, 3.8) is 0 Å². The zero-order valence-electron chi connectivity index (χ0n) is 12.3. The van der Waals surface area contributed by atoms with Crippen molar-refractivity contribution >= 4 is 24.8 Å². The first-order valence-electron chi connectivity index (χ1n) is 7.57. The summed E-state index contributed by atoms with van der Waals surface area (Å²) in [5.74, 6) is 0. The standard InChI is InChI=1S/C14H29N3.2ClH/c1-2-14-6-4-3-5-9-17(14)13-12-16-10-7-15-8-11-16;;/h14-15H,2-13H2,1H3;2*1H. The summed E-state index contributed by atoms with van der Waals surface area (Å²) in [4.78, 5) is 5.38. The van der Waals surface area contributed by atoms with Crippen LogP contribution in [0.4, 0.5) is 0 Å². The normalized spacial score (nSPS) is 26.1. The number of piperazine rings is 1. The highest BCUT2D eigenvalue weighted by Gasteiger charge is 2.20. The van der Waals surface area contributed by atoms with Crippen molar-refractivity contribution in [2.75, 3.05) is 45.8 Å². The first-order valence-corrected chi connectivity index (χ1v) is 7.57. The zero-order chi connectivity index (χ0) is 11.9. The summed E-state index contributed by atoms with van der Waals surface area (Å²) in [6.45, 7) is 11.1. The lowest BCUT2D eigenvalue weighted by atomic mass is 10.1. The summed E-state index contributed by atoms with van der Waals surface area (Å²) in [6, 6.07) is 0.861. The molecule has 0 bridgehead atoms. The molecule has 2 aliphatic rings. The molecule has 0 amide bonds. The second-order valence-electron chi connectivity index (χ2n) is 5.54. The fraction of sp³-hybridized carbons (Fsp3) is 1.00. The van der Waals surface area contributed by atoms with Gasteiger partial charge in [-0.2, -0.15) is 0 Å². The molecule has 2 heterocycles. The predicted octanol–water partition coefficient (Wildman–Crippen LogP) is 2.39. The van der Waals surface area contributed by atoms with Gasteiger partial charge in [-0.05, 0) is 25.8 Å². The minimum atomic E-state index is 0. The zero-order valence-corrected chi connectivity index (χ0v) is 13.9. The summed E-state index contributed by atoms with van der Waals surface area (Å²) in [5, 5.41) is 3.43. The molecule has 116 valence electrons. The molecule has 5 heteroatoms. The summed E-state index contributed by atoms with van der Waals surface area (Å²) in [5.41, 5.74) is 0. The summed E-state index contributed by atoms with van der Waals surface area (Å²) in [7, 11) is 0. The fourth-order valence-electron chi connectivity index (χ4n) is 3.20. The molecule has 0 aliphatic carbocycles. The molecule has 0 saturated carbocycles. The molecule has 0 spiro atoms. The largest absolute Gasteiger partial charge is 0.314 e. The van der Waals surface area contributed by atoms with Crippen molar-refractivity contribution in [2.24, 2.45) is 0 Å². The molecule has 3 nitrogen and oxygen atoms in total. The number of likely N-dealkylation sites (tertiary alicyclic amines) is 1. The van der Waals surface area contributed by atoms with E-state index in [-0.39, 0.29) is 24.8 Å². The molecule has 0 radical (unpaired) electrons. The van der Waals surface area contributed by atoms with Gasteiger partial charge in [0.25, 0.3) is 0 Å². The number of hydrogen-bond donors (Lipinski definition) is 1. The number of rotatable bonds is 4. The topological polar surface area (TPSA) is 18.5 Å². The van der Waals surface area contributed by atoms with Gasteiger partial charge in [-0.1, -0.05) is 19.8 Å². The minimum Gasteiger partial charge on any atom is -0.314 e. The van der Waals surface area contributed by atoms with E-state index >= 15 is 0 Å². The number of hydrogen-bond acceptors (Lipinski definition) is 3. The van der Waals surface area contributed by atoms with Gasteiger partial charge >= 0.3 is 0 Å². The van der Waals surface area contributed by atoms with Crippen LogP contribution in [-0.2, 0) is 0 Å². The Bertz CT molecular complexity index is 211. The summed E-state index contributed by atoms with van der Waals surface area (Å²) < 4.78 is 0. The number of nitrogens with one attached hydrogen (secondary N) is 1. The lowest BCUT2D eigenvalue weighted by Gasteiger charge is -2.33. The Labute approximate surface area is 131 Å². The van der Waals surface area contributed by atoms with Crippen LogP contribution in [0.15, 0.2) is 0 Å². The van der Waals surface area contributed by atoms with E-state index in [9.17, 15) is 0 Å². The molecule has 19 heavy (non-hydrogen) atoms. The van der Waals surface area contributed by atoms with Crippen LogP contribution in [0, 0.1) is 0 Å². The molecule has 1 atom stereocenters. The Hall–Kier alpha value is 0.460. The SMILES string of the molecule is CCC1CCCCCN1CCN1CCNCC1.Cl.Cl. The van der Waals surface area contributed by atoms with E-state index in [1.54, 1.807) is 0 Å². The van der Waals surface area contributed by atoms with Crippen LogP contribution in [-0.4, -0.2) is 61.7 Å². The maximum Gasteiger partial charge on any atom is 0.0112 e. The quantitative estimate of drug-likeness (QED) is 0.860. The van der Waals surface area contributed by atoms with Crippen LogP contribution < -0.4 is 5.32 Å². The Kier molecular flexibility index (Phi) is 11.4. The molecule has 1 N–H and O–H groups in total. The fourth-order valence-corrected chi connectivity index (χ4v) is 3.20. The monoisotopic (exact) mass is 311 g/mol. The average molecular weight is 312 g/mol. The molecule has 2 fully saturated rings. The van der Waals surface area contributed by atoms with Gasteiger partial charge in [0.1, 0.15) is 0 Å². The van der Waals surface area contributed by atoms with Crippen LogP contribution in [0.3, 0.4) is 0 Å². The number of halogens is 2. The Morgan fingerprint density at radius 3 is 2.37 bits per heavy atom. The highest BCUT2D eigenvalue weighted by molar-refractivity contribution is 5.85. The first-order chi connectivity index (χ1) is 8.40. The summed E-state index contributed by atoms with van der Waals surface area (Å²) in [6.07, 6.45) is 7.07. The lowest BCUT2D eigenvalue weighted by molar-refractivity contribution is 0.151. The molecule has 0 aromatic rings. The molecule has 0 aromatic carbocycles. The second kappa shape index (κ2) is 11.2. The molecular weight excluding hydrogens is 281 g/mol. The van der Waals surface area contributed by atoms with Crippen molar-refractivity contribution < 1.29 is 0 Å². The van der Waals surface area contributed by atoms with Gasteiger partial charge in [0, 0.05) is 45.3 Å². The summed E-state index contributed by atoms with van der Waals surface area (Å²) >= 11 is 0. The van der Waals surface area contributed by atoms with Gasteiger partial charge in [-0.3, -0.25) is 9.80 Å². The van der Waals surface area contributed by atoms with Gasteiger partial charge in [-0.25, -0.2) is 0 Å². The van der Waals surface area contributed by atoms with Crippen molar-refractivity contribution in [1.29, 1.82) is 0 Å². The maximum absolute atomic E-state index is 3.43. The van der Waals surface area contributed by atoms with E-state index in [2.05, 4.69) is 22.0 Å². The molecule has 0 aromatic heterocycles. The van der Waals surface area contributed by atoms with Crippen LogP contribution in [0.2, 0.25) is 0 Å². The molecule has 1 unspecified atom stereocenters. The van der Waals surface area contributed by atoms with Crippen molar-refractivity contribution in [2.45, 2.75) is 45.1 Å². The molecule has 2 saturated heterocycles. The van der Waals surface area contributed by atoms with E-state index in [0.29, 0.717) is 0 Å². The molecule has 2 rings (SSSR count). The third-order valence-corrected chi connectivity index (χ3v) is 4.38. The van der Waals surface area contributed by atoms with E-state index < -0.39 is 0 Å². The highest BCUT2D eigenvalue weighted by Crippen LogP contribution is 2.18. The van der Waals surface area contributed by atoms with E-state index in [1.807, 2.05) is 0 Å². The van der Waals surface area contributed by atoms with Crippen molar-refractivity contribution in [3.8, 4) is 0 Å². The lowest BCUT2D eigenvalue weighted by Crippen LogP contribution is -2.47. The first kappa shape index (κ1) is 19.5. The molecule has 2 aliphatic heterocycles. The van der Waals surface area contributed by atoms with E-state index in [4.69, 9.17) is 0 Å². The van der Waals surface area contributed by atoms with Gasteiger partial charge in [0.2, 0.25) is 0 Å². The highest BCUT2D eigenvalue weighted by atomic mass is 35.5. The van der Waals surface area contributed by atoms with Gasteiger partial charge in [0.05, 0.1) is 0 Å². The Morgan fingerprint density at radius 2 is 1.68 bits per heavy atom.